The molecule has 2 aromatic rings. The maximum absolute atomic E-state index is 12.5. The third-order valence-corrected chi connectivity index (χ3v) is 3.93. The number of nitrogens with one attached hydrogen (secondary N) is 1. The van der Waals surface area contributed by atoms with Gasteiger partial charge in [-0.15, -0.1) is 0 Å². The molecule has 1 saturated heterocycles. The van der Waals surface area contributed by atoms with Crippen LogP contribution in [0.1, 0.15) is 40.5 Å². The molecule has 1 aliphatic rings. The van der Waals surface area contributed by atoms with Crippen molar-refractivity contribution < 1.29 is 4.79 Å². The lowest BCUT2D eigenvalue weighted by Crippen LogP contribution is -2.38. The Labute approximate surface area is 123 Å². The van der Waals surface area contributed by atoms with E-state index in [0.29, 0.717) is 17.0 Å². The van der Waals surface area contributed by atoms with E-state index >= 15 is 0 Å². The summed E-state index contributed by atoms with van der Waals surface area (Å²) in [5, 5.41) is 8.91. The van der Waals surface area contributed by atoms with Gasteiger partial charge in [0.25, 0.3) is 5.91 Å². The van der Waals surface area contributed by atoms with Gasteiger partial charge in [0, 0.05) is 37.0 Å². The first kappa shape index (κ1) is 13.4. The predicted molar refractivity (Wildman–Crippen MR) is 77.6 cm³/mol. The number of aromatic amines is 1. The molecule has 1 N–H and O–H groups in total. The van der Waals surface area contributed by atoms with E-state index in [0.717, 1.165) is 31.8 Å². The number of rotatable bonds is 2. The molecule has 5 nitrogen and oxygen atoms in total. The summed E-state index contributed by atoms with van der Waals surface area (Å²) in [7, 11) is 0. The molecule has 106 valence electrons. The van der Waals surface area contributed by atoms with Crippen LogP contribution in [0.15, 0.2) is 36.7 Å². The van der Waals surface area contributed by atoms with E-state index < -0.39 is 0 Å². The average Bonchev–Trinajstić information content (AvgIpc) is 3.09. The highest BCUT2D eigenvalue weighted by Crippen LogP contribution is 2.26. The number of imidazole rings is 1. The van der Waals surface area contributed by atoms with Gasteiger partial charge in [0.2, 0.25) is 0 Å². The van der Waals surface area contributed by atoms with Gasteiger partial charge in [-0.25, -0.2) is 4.98 Å². The Morgan fingerprint density at radius 3 is 2.86 bits per heavy atom. The van der Waals surface area contributed by atoms with Gasteiger partial charge in [0.05, 0.1) is 11.6 Å². The number of carbonyl (C=O) groups excluding carboxylic acids is 1. The topological polar surface area (TPSA) is 72.8 Å². The normalized spacial score (nSPS) is 15.7. The molecule has 1 aromatic carbocycles. The molecule has 0 bridgehead atoms. The Balaban J connectivity index is 1.66. The van der Waals surface area contributed by atoms with Crippen molar-refractivity contribution in [1.82, 2.24) is 14.9 Å². The van der Waals surface area contributed by atoms with Crippen LogP contribution in [0.5, 0.6) is 0 Å². The van der Waals surface area contributed by atoms with Gasteiger partial charge < -0.3 is 9.88 Å². The van der Waals surface area contributed by atoms with Crippen LogP contribution in [0.3, 0.4) is 0 Å². The summed E-state index contributed by atoms with van der Waals surface area (Å²) < 4.78 is 0. The molecule has 5 heteroatoms. The Morgan fingerprint density at radius 2 is 2.19 bits per heavy atom. The first-order chi connectivity index (χ1) is 10.3. The number of piperidine rings is 1. The monoisotopic (exact) mass is 280 g/mol. The van der Waals surface area contributed by atoms with Crippen LogP contribution in [0.4, 0.5) is 0 Å². The van der Waals surface area contributed by atoms with Crippen molar-refractivity contribution in [2.45, 2.75) is 18.8 Å². The fourth-order valence-corrected chi connectivity index (χ4v) is 2.76. The molecule has 0 saturated carbocycles. The number of nitrogens with zero attached hydrogens (tertiary/aromatic N) is 3. The Hall–Kier alpha value is -2.61. The highest BCUT2D eigenvalue weighted by Gasteiger charge is 2.25. The molecule has 21 heavy (non-hydrogen) atoms. The molecule has 0 radical (unpaired) electrons. The number of hydrogen-bond acceptors (Lipinski definition) is 3. The van der Waals surface area contributed by atoms with E-state index in [9.17, 15) is 4.79 Å². The van der Waals surface area contributed by atoms with E-state index in [4.69, 9.17) is 5.26 Å². The quantitative estimate of drug-likeness (QED) is 0.917. The highest BCUT2D eigenvalue weighted by atomic mass is 16.2. The molecular weight excluding hydrogens is 264 g/mol. The van der Waals surface area contributed by atoms with Crippen LogP contribution >= 0.6 is 0 Å². The molecule has 0 spiro atoms. The lowest BCUT2D eigenvalue weighted by Gasteiger charge is -2.31. The molecule has 3 rings (SSSR count). The average molecular weight is 280 g/mol. The molecule has 1 amide bonds. The Kier molecular flexibility index (Phi) is 3.69. The summed E-state index contributed by atoms with van der Waals surface area (Å²) in [4.78, 5) is 21.8. The number of H-pyrrole nitrogens is 1. The number of amides is 1. The first-order valence-corrected chi connectivity index (χ1v) is 7.06. The molecule has 0 atom stereocenters. The van der Waals surface area contributed by atoms with Crippen molar-refractivity contribution in [3.05, 3.63) is 53.6 Å². The summed E-state index contributed by atoms with van der Waals surface area (Å²) in [6.07, 6.45) is 5.43. The lowest BCUT2D eigenvalue weighted by atomic mass is 9.95. The zero-order valence-corrected chi connectivity index (χ0v) is 11.6. The van der Waals surface area contributed by atoms with Crippen LogP contribution in [0.25, 0.3) is 0 Å². The van der Waals surface area contributed by atoms with Gasteiger partial charge in [0.15, 0.2) is 0 Å². The Morgan fingerprint density at radius 1 is 1.38 bits per heavy atom. The number of likely N-dealkylation sites (tertiary alicyclic amines) is 1. The van der Waals surface area contributed by atoms with Crippen LogP contribution in [0, 0.1) is 11.3 Å². The van der Waals surface area contributed by atoms with Gasteiger partial charge in [0.1, 0.15) is 5.82 Å². The second-order valence-corrected chi connectivity index (χ2v) is 5.23. The maximum Gasteiger partial charge on any atom is 0.253 e. The van der Waals surface area contributed by atoms with Crippen LogP contribution in [-0.2, 0) is 0 Å². The maximum atomic E-state index is 12.5. The predicted octanol–water partition coefficient (Wildman–Crippen LogP) is 2.30. The van der Waals surface area contributed by atoms with Gasteiger partial charge in [-0.05, 0) is 31.0 Å². The summed E-state index contributed by atoms with van der Waals surface area (Å²) in [5.74, 6) is 1.41. The van der Waals surface area contributed by atoms with Gasteiger partial charge in [-0.2, -0.15) is 5.26 Å². The molecule has 1 aromatic heterocycles. The van der Waals surface area contributed by atoms with E-state index in [1.165, 1.54) is 0 Å². The van der Waals surface area contributed by atoms with E-state index in [-0.39, 0.29) is 5.91 Å². The molecular formula is C16H16N4O. The van der Waals surface area contributed by atoms with Crippen molar-refractivity contribution >= 4 is 5.91 Å². The summed E-state index contributed by atoms with van der Waals surface area (Å²) in [6, 6.07) is 8.95. The number of hydrogen-bond donors (Lipinski definition) is 1. The summed E-state index contributed by atoms with van der Waals surface area (Å²) >= 11 is 0. The van der Waals surface area contributed by atoms with Gasteiger partial charge in [-0.3, -0.25) is 4.79 Å². The van der Waals surface area contributed by atoms with E-state index in [1.54, 1.807) is 30.5 Å². The molecule has 2 heterocycles. The van der Waals surface area contributed by atoms with Gasteiger partial charge in [-0.1, -0.05) is 6.07 Å². The number of benzene rings is 1. The van der Waals surface area contributed by atoms with Crippen molar-refractivity contribution in [2.24, 2.45) is 0 Å². The zero-order valence-electron chi connectivity index (χ0n) is 11.6. The second kappa shape index (κ2) is 5.80. The lowest BCUT2D eigenvalue weighted by molar-refractivity contribution is 0.0711. The summed E-state index contributed by atoms with van der Waals surface area (Å²) in [6.45, 7) is 1.45. The molecule has 0 unspecified atom stereocenters. The minimum atomic E-state index is 0.00462. The molecule has 1 aliphatic heterocycles. The smallest absolute Gasteiger partial charge is 0.253 e. The fraction of sp³-hybridized carbons (Fsp3) is 0.312. The van der Waals surface area contributed by atoms with Crippen molar-refractivity contribution in [3.8, 4) is 6.07 Å². The number of carbonyl (C=O) groups is 1. The van der Waals surface area contributed by atoms with Crippen molar-refractivity contribution in [1.29, 1.82) is 5.26 Å². The van der Waals surface area contributed by atoms with E-state index in [1.807, 2.05) is 11.1 Å². The third kappa shape index (κ3) is 2.79. The fourth-order valence-electron chi connectivity index (χ4n) is 2.76. The standard InChI is InChI=1S/C16H16N4O/c17-11-12-2-1-3-14(10-12)16(21)20-8-4-13(5-9-20)15-18-6-7-19-15/h1-3,6-7,10,13H,4-5,8-9H2,(H,18,19). The minimum absolute atomic E-state index is 0.00462. The van der Waals surface area contributed by atoms with Crippen molar-refractivity contribution in [3.63, 3.8) is 0 Å². The van der Waals surface area contributed by atoms with E-state index in [2.05, 4.69) is 16.0 Å². The molecule has 0 aliphatic carbocycles. The zero-order chi connectivity index (χ0) is 14.7. The number of aromatic nitrogens is 2. The SMILES string of the molecule is N#Cc1cccc(C(=O)N2CCC(c3ncc[nH]3)CC2)c1. The van der Waals surface area contributed by atoms with Crippen molar-refractivity contribution in [2.75, 3.05) is 13.1 Å². The minimum Gasteiger partial charge on any atom is -0.348 e. The second-order valence-electron chi connectivity index (χ2n) is 5.23. The first-order valence-electron chi connectivity index (χ1n) is 7.06. The highest BCUT2D eigenvalue weighted by molar-refractivity contribution is 5.94. The van der Waals surface area contributed by atoms with Crippen LogP contribution in [0.2, 0.25) is 0 Å². The summed E-state index contributed by atoms with van der Waals surface area (Å²) in [5.41, 5.74) is 1.11. The third-order valence-electron chi connectivity index (χ3n) is 3.93. The van der Waals surface area contributed by atoms with Gasteiger partial charge >= 0.3 is 0 Å². The largest absolute Gasteiger partial charge is 0.348 e. The molecule has 1 fully saturated rings. The number of nitriles is 1. The van der Waals surface area contributed by atoms with Crippen LogP contribution in [-0.4, -0.2) is 33.9 Å². The van der Waals surface area contributed by atoms with Crippen LogP contribution < -0.4 is 0 Å². The Bertz CT molecular complexity index is 664.